The predicted octanol–water partition coefficient (Wildman–Crippen LogP) is 1.79. The summed E-state index contributed by atoms with van der Waals surface area (Å²) in [6.07, 6.45) is 0.723. The molecule has 23 heavy (non-hydrogen) atoms. The second-order valence-electron chi connectivity index (χ2n) is 4.86. The molecule has 0 heterocycles. The van der Waals surface area contributed by atoms with E-state index in [1.165, 1.54) is 24.3 Å². The molecule has 0 fully saturated rings. The summed E-state index contributed by atoms with van der Waals surface area (Å²) in [4.78, 5) is 23.6. The van der Waals surface area contributed by atoms with Crippen LogP contribution in [0.25, 0.3) is 0 Å². The van der Waals surface area contributed by atoms with Crippen molar-refractivity contribution in [2.24, 2.45) is 0 Å². The zero-order valence-corrected chi connectivity index (χ0v) is 12.7. The fourth-order valence-electron chi connectivity index (χ4n) is 2.03. The zero-order valence-electron chi connectivity index (χ0n) is 12.7. The Morgan fingerprint density at radius 3 is 2.43 bits per heavy atom. The molecule has 120 valence electrons. The minimum absolute atomic E-state index is 0.0717. The largest absolute Gasteiger partial charge is 0.508 e. The summed E-state index contributed by atoms with van der Waals surface area (Å²) in [5, 5.41) is 9.17. The summed E-state index contributed by atoms with van der Waals surface area (Å²) < 4.78 is 5.22. The van der Waals surface area contributed by atoms with Crippen molar-refractivity contribution in [1.82, 2.24) is 10.9 Å². The minimum Gasteiger partial charge on any atom is -0.508 e. The molecule has 0 saturated carbocycles. The summed E-state index contributed by atoms with van der Waals surface area (Å²) in [5.74, 6) is 0.0505. The number of phenols is 1. The van der Waals surface area contributed by atoms with Crippen LogP contribution in [0.15, 0.2) is 48.5 Å². The number of ether oxygens (including phenoxy) is 1. The Morgan fingerprint density at radius 2 is 1.74 bits per heavy atom. The number of aromatic hydroxyl groups is 1. The van der Waals surface area contributed by atoms with Crippen molar-refractivity contribution in [3.63, 3.8) is 0 Å². The molecule has 0 aliphatic carbocycles. The lowest BCUT2D eigenvalue weighted by atomic mass is 10.1. The van der Waals surface area contributed by atoms with Crippen LogP contribution in [0.2, 0.25) is 0 Å². The fraction of sp³-hybridized carbons (Fsp3) is 0.176. The van der Waals surface area contributed by atoms with Crippen molar-refractivity contribution in [2.45, 2.75) is 12.8 Å². The van der Waals surface area contributed by atoms with Crippen molar-refractivity contribution >= 4 is 11.8 Å². The van der Waals surface area contributed by atoms with Crippen LogP contribution in [0.4, 0.5) is 0 Å². The second-order valence-corrected chi connectivity index (χ2v) is 4.86. The molecule has 0 radical (unpaired) electrons. The maximum Gasteiger partial charge on any atom is 0.269 e. The predicted molar refractivity (Wildman–Crippen MR) is 85.0 cm³/mol. The van der Waals surface area contributed by atoms with Crippen molar-refractivity contribution < 1.29 is 19.4 Å². The lowest BCUT2D eigenvalue weighted by Crippen LogP contribution is -2.41. The number of para-hydroxylation sites is 1. The van der Waals surface area contributed by atoms with Crippen LogP contribution in [0, 0.1) is 0 Å². The first kappa shape index (κ1) is 16.4. The van der Waals surface area contributed by atoms with E-state index in [2.05, 4.69) is 10.9 Å². The standard InChI is InChI=1S/C17H18N2O4/c1-23-15-5-3-2-4-12(15)8-11-16(21)18-19-17(22)13-6-9-14(20)10-7-13/h2-7,9-10,20H,8,11H2,1H3,(H,18,21)(H,19,22). The van der Waals surface area contributed by atoms with Gasteiger partial charge in [0.2, 0.25) is 5.91 Å². The molecule has 2 aromatic carbocycles. The van der Waals surface area contributed by atoms with Crippen LogP contribution in [0.1, 0.15) is 22.3 Å². The number of aryl methyl sites for hydroxylation is 1. The van der Waals surface area contributed by atoms with Crippen LogP contribution in [-0.4, -0.2) is 24.0 Å². The van der Waals surface area contributed by atoms with Gasteiger partial charge in [0.15, 0.2) is 0 Å². The van der Waals surface area contributed by atoms with Gasteiger partial charge in [-0.3, -0.25) is 20.4 Å². The first-order valence-electron chi connectivity index (χ1n) is 7.10. The third-order valence-corrected chi connectivity index (χ3v) is 3.26. The lowest BCUT2D eigenvalue weighted by Gasteiger charge is -2.09. The normalized spacial score (nSPS) is 9.96. The van der Waals surface area contributed by atoms with Crippen molar-refractivity contribution in [3.05, 3.63) is 59.7 Å². The molecule has 0 saturated heterocycles. The minimum atomic E-state index is -0.448. The molecule has 6 heteroatoms. The fourth-order valence-corrected chi connectivity index (χ4v) is 2.03. The second kappa shape index (κ2) is 7.84. The van der Waals surface area contributed by atoms with E-state index in [9.17, 15) is 9.59 Å². The van der Waals surface area contributed by atoms with Gasteiger partial charge in [-0.1, -0.05) is 18.2 Å². The van der Waals surface area contributed by atoms with E-state index in [1.54, 1.807) is 7.11 Å². The molecular weight excluding hydrogens is 296 g/mol. The van der Waals surface area contributed by atoms with E-state index in [0.717, 1.165) is 11.3 Å². The van der Waals surface area contributed by atoms with Gasteiger partial charge in [0.25, 0.3) is 5.91 Å². The molecule has 0 spiro atoms. The Kier molecular flexibility index (Phi) is 5.57. The number of phenolic OH excluding ortho intramolecular Hbond substituents is 1. The van der Waals surface area contributed by atoms with Gasteiger partial charge in [-0.15, -0.1) is 0 Å². The molecule has 2 rings (SSSR count). The molecule has 0 unspecified atom stereocenters. The average molecular weight is 314 g/mol. The quantitative estimate of drug-likeness (QED) is 0.734. The Bertz CT molecular complexity index is 683. The van der Waals surface area contributed by atoms with Gasteiger partial charge in [0, 0.05) is 12.0 Å². The number of methoxy groups -OCH3 is 1. The summed E-state index contributed by atoms with van der Waals surface area (Å²) in [6, 6.07) is 13.2. The highest BCUT2D eigenvalue weighted by Gasteiger charge is 2.09. The molecule has 0 atom stereocenters. The topological polar surface area (TPSA) is 87.7 Å². The van der Waals surface area contributed by atoms with Crippen molar-refractivity contribution in [3.8, 4) is 11.5 Å². The van der Waals surface area contributed by atoms with Gasteiger partial charge < -0.3 is 9.84 Å². The van der Waals surface area contributed by atoms with Gasteiger partial charge in [-0.25, -0.2) is 0 Å². The van der Waals surface area contributed by atoms with E-state index in [-0.39, 0.29) is 18.1 Å². The summed E-state index contributed by atoms with van der Waals surface area (Å²) in [6.45, 7) is 0. The number of amides is 2. The molecule has 0 bridgehead atoms. The molecule has 0 aliphatic heterocycles. The van der Waals surface area contributed by atoms with Gasteiger partial charge in [0.1, 0.15) is 11.5 Å². The lowest BCUT2D eigenvalue weighted by molar-refractivity contribution is -0.121. The summed E-state index contributed by atoms with van der Waals surface area (Å²) in [5.41, 5.74) is 5.96. The smallest absolute Gasteiger partial charge is 0.269 e. The van der Waals surface area contributed by atoms with Crippen molar-refractivity contribution in [1.29, 1.82) is 0 Å². The van der Waals surface area contributed by atoms with Gasteiger partial charge in [-0.05, 0) is 42.3 Å². The van der Waals surface area contributed by atoms with E-state index >= 15 is 0 Å². The molecule has 0 aromatic heterocycles. The number of carbonyl (C=O) groups excluding carboxylic acids is 2. The summed E-state index contributed by atoms with van der Waals surface area (Å²) >= 11 is 0. The van der Waals surface area contributed by atoms with Crippen LogP contribution in [0.3, 0.4) is 0 Å². The highest BCUT2D eigenvalue weighted by molar-refractivity contribution is 5.95. The zero-order chi connectivity index (χ0) is 16.7. The van der Waals surface area contributed by atoms with Gasteiger partial charge in [-0.2, -0.15) is 0 Å². The van der Waals surface area contributed by atoms with Crippen LogP contribution in [-0.2, 0) is 11.2 Å². The SMILES string of the molecule is COc1ccccc1CCC(=O)NNC(=O)c1ccc(O)cc1. The Hall–Kier alpha value is -3.02. The summed E-state index contributed by atoms with van der Waals surface area (Å²) in [7, 11) is 1.58. The van der Waals surface area contributed by atoms with Crippen LogP contribution >= 0.6 is 0 Å². The van der Waals surface area contributed by atoms with Gasteiger partial charge >= 0.3 is 0 Å². The Labute approximate surface area is 134 Å². The molecule has 3 N–H and O–H groups in total. The maximum absolute atomic E-state index is 11.8. The molecule has 2 amide bonds. The number of benzene rings is 2. The highest BCUT2D eigenvalue weighted by Crippen LogP contribution is 2.18. The first-order valence-corrected chi connectivity index (χ1v) is 7.10. The van der Waals surface area contributed by atoms with Crippen molar-refractivity contribution in [2.75, 3.05) is 7.11 Å². The Morgan fingerprint density at radius 1 is 1.04 bits per heavy atom. The van der Waals surface area contributed by atoms with E-state index < -0.39 is 5.91 Å². The number of nitrogens with one attached hydrogen (secondary N) is 2. The van der Waals surface area contributed by atoms with E-state index in [0.29, 0.717) is 12.0 Å². The van der Waals surface area contributed by atoms with Gasteiger partial charge in [0.05, 0.1) is 7.11 Å². The number of hydrogen-bond acceptors (Lipinski definition) is 4. The van der Waals surface area contributed by atoms with Crippen LogP contribution in [0.5, 0.6) is 11.5 Å². The van der Waals surface area contributed by atoms with E-state index in [4.69, 9.17) is 9.84 Å². The molecule has 6 nitrogen and oxygen atoms in total. The molecule has 2 aromatic rings. The molecule has 0 aliphatic rings. The molecular formula is C17H18N2O4. The maximum atomic E-state index is 11.8. The monoisotopic (exact) mass is 314 g/mol. The van der Waals surface area contributed by atoms with E-state index in [1.807, 2.05) is 24.3 Å². The highest BCUT2D eigenvalue weighted by atomic mass is 16.5. The van der Waals surface area contributed by atoms with Crippen LogP contribution < -0.4 is 15.6 Å². The number of rotatable bonds is 5. The number of carbonyl (C=O) groups is 2. The number of hydrazine groups is 1. The average Bonchev–Trinajstić information content (AvgIpc) is 2.58. The third-order valence-electron chi connectivity index (χ3n) is 3.26. The first-order chi connectivity index (χ1) is 11.1. The Balaban J connectivity index is 1.81. The third kappa shape index (κ3) is 4.74. The number of hydrogen-bond donors (Lipinski definition) is 3.